The van der Waals surface area contributed by atoms with E-state index < -0.39 is 12.2 Å². The largest absolute Gasteiger partial charge is 0.303 e. The summed E-state index contributed by atoms with van der Waals surface area (Å²) >= 11 is 0. The fraction of sp³-hybridized carbons (Fsp3) is 0.875. The lowest BCUT2D eigenvalue weighted by atomic mass is 10.3. The average Bonchev–Trinajstić information content (AvgIpc) is 2.51. The zero-order valence-corrected chi connectivity index (χ0v) is 6.93. The Bertz CT molecular complexity index is 155. The van der Waals surface area contributed by atoms with Gasteiger partial charge in [0.15, 0.2) is 5.78 Å². The van der Waals surface area contributed by atoms with Gasteiger partial charge < -0.3 is 4.90 Å². The molecule has 1 fully saturated rings. The first-order valence-electron chi connectivity index (χ1n) is 4.23. The van der Waals surface area contributed by atoms with Crippen molar-refractivity contribution in [3.8, 4) is 0 Å². The van der Waals surface area contributed by atoms with Crippen molar-refractivity contribution >= 4 is 5.78 Å². The molecule has 4 heteroatoms. The molecule has 0 unspecified atom stereocenters. The van der Waals surface area contributed by atoms with Gasteiger partial charge in [0.2, 0.25) is 0 Å². The molecule has 1 rings (SSSR count). The maximum Gasteiger partial charge on any atom is 0.296 e. The predicted molar refractivity (Wildman–Crippen MR) is 41.3 cm³/mol. The molecule has 12 heavy (non-hydrogen) atoms. The highest BCUT2D eigenvalue weighted by molar-refractivity contribution is 5.81. The van der Waals surface area contributed by atoms with E-state index in [1.165, 1.54) is 0 Å². The molecule has 0 atom stereocenters. The Hall–Kier alpha value is -0.510. The molecule has 0 radical (unpaired) electrons. The topological polar surface area (TPSA) is 20.3 Å². The van der Waals surface area contributed by atoms with Gasteiger partial charge in [-0.2, -0.15) is 0 Å². The number of nitrogens with zero attached hydrogens (tertiary/aromatic N) is 1. The van der Waals surface area contributed by atoms with Gasteiger partial charge in [-0.05, 0) is 25.9 Å². The van der Waals surface area contributed by atoms with Crippen LogP contribution in [0.3, 0.4) is 0 Å². The third kappa shape index (κ3) is 2.85. The van der Waals surface area contributed by atoms with Crippen LogP contribution in [0.25, 0.3) is 0 Å². The second-order valence-corrected chi connectivity index (χ2v) is 3.07. The summed E-state index contributed by atoms with van der Waals surface area (Å²) in [7, 11) is 0. The van der Waals surface area contributed by atoms with Gasteiger partial charge in [0.1, 0.15) is 0 Å². The number of rotatable bonds is 4. The van der Waals surface area contributed by atoms with Crippen LogP contribution in [0.5, 0.6) is 0 Å². The molecule has 0 N–H and O–H groups in total. The van der Waals surface area contributed by atoms with Gasteiger partial charge in [-0.15, -0.1) is 0 Å². The lowest BCUT2D eigenvalue weighted by Gasteiger charge is -2.12. The summed E-state index contributed by atoms with van der Waals surface area (Å²) in [6.07, 6.45) is -0.531. The van der Waals surface area contributed by atoms with Crippen molar-refractivity contribution in [1.82, 2.24) is 4.90 Å². The summed E-state index contributed by atoms with van der Waals surface area (Å²) in [5.41, 5.74) is 0. The molecule has 0 aromatic heterocycles. The maximum atomic E-state index is 11.7. The van der Waals surface area contributed by atoms with Gasteiger partial charge in [0, 0.05) is 13.0 Å². The molecule has 1 aliphatic rings. The smallest absolute Gasteiger partial charge is 0.296 e. The monoisotopic (exact) mass is 177 g/mol. The molecule has 0 bridgehead atoms. The molecule has 0 saturated carbocycles. The third-order valence-electron chi connectivity index (χ3n) is 2.12. The lowest BCUT2D eigenvalue weighted by molar-refractivity contribution is -0.129. The predicted octanol–water partition coefficient (Wildman–Crippen LogP) is 1.31. The molecule has 0 spiro atoms. The van der Waals surface area contributed by atoms with Gasteiger partial charge in [-0.3, -0.25) is 4.79 Å². The Labute approximate surface area is 70.5 Å². The van der Waals surface area contributed by atoms with Gasteiger partial charge in [0.25, 0.3) is 6.43 Å². The first-order chi connectivity index (χ1) is 5.70. The van der Waals surface area contributed by atoms with Crippen LogP contribution in [0.2, 0.25) is 0 Å². The molecule has 0 aromatic carbocycles. The Morgan fingerprint density at radius 1 is 1.33 bits per heavy atom. The zero-order valence-electron chi connectivity index (χ0n) is 6.93. The Kier molecular flexibility index (Phi) is 3.59. The van der Waals surface area contributed by atoms with Crippen molar-refractivity contribution in [2.24, 2.45) is 0 Å². The molecule has 2 nitrogen and oxygen atoms in total. The van der Waals surface area contributed by atoms with Crippen LogP contribution in [-0.2, 0) is 4.79 Å². The zero-order chi connectivity index (χ0) is 8.97. The summed E-state index contributed by atoms with van der Waals surface area (Å²) in [4.78, 5) is 12.6. The Balaban J connectivity index is 2.12. The van der Waals surface area contributed by atoms with Crippen LogP contribution in [0.4, 0.5) is 8.78 Å². The number of likely N-dealkylation sites (tertiary alicyclic amines) is 1. The summed E-state index contributed by atoms with van der Waals surface area (Å²) in [6, 6.07) is 0. The van der Waals surface area contributed by atoms with Crippen LogP contribution >= 0.6 is 0 Å². The number of hydrogen-bond acceptors (Lipinski definition) is 2. The van der Waals surface area contributed by atoms with Crippen LogP contribution in [0.1, 0.15) is 19.3 Å². The van der Waals surface area contributed by atoms with Gasteiger partial charge >= 0.3 is 0 Å². The molecule has 1 aliphatic heterocycles. The third-order valence-corrected chi connectivity index (χ3v) is 2.12. The number of halogens is 2. The van der Waals surface area contributed by atoms with E-state index in [1.54, 1.807) is 0 Å². The molecular formula is C8H13F2NO. The highest BCUT2D eigenvalue weighted by Crippen LogP contribution is 2.08. The molecular weight excluding hydrogens is 164 g/mol. The maximum absolute atomic E-state index is 11.7. The van der Waals surface area contributed by atoms with Crippen LogP contribution in [0, 0.1) is 0 Å². The Morgan fingerprint density at radius 3 is 2.42 bits per heavy atom. The fourth-order valence-corrected chi connectivity index (χ4v) is 1.38. The van der Waals surface area contributed by atoms with Crippen LogP contribution in [-0.4, -0.2) is 36.7 Å². The van der Waals surface area contributed by atoms with E-state index in [0.717, 1.165) is 25.9 Å². The van der Waals surface area contributed by atoms with E-state index in [9.17, 15) is 13.6 Å². The molecule has 1 heterocycles. The first kappa shape index (κ1) is 9.58. The number of carbonyl (C=O) groups excluding carboxylic acids is 1. The minimum Gasteiger partial charge on any atom is -0.303 e. The molecule has 0 aliphatic carbocycles. The minimum absolute atomic E-state index is 0.00231. The highest BCUT2D eigenvalue weighted by atomic mass is 19.3. The summed E-state index contributed by atoms with van der Waals surface area (Å²) in [5, 5.41) is 0. The number of ketones is 1. The number of Topliss-reactive ketones (excluding diaryl/α,β-unsaturated/α-hetero) is 1. The second-order valence-electron chi connectivity index (χ2n) is 3.07. The number of carbonyl (C=O) groups is 1. The minimum atomic E-state index is -2.78. The Morgan fingerprint density at radius 2 is 1.92 bits per heavy atom. The number of hydrogen-bond donors (Lipinski definition) is 0. The van der Waals surface area contributed by atoms with Crippen molar-refractivity contribution < 1.29 is 13.6 Å². The van der Waals surface area contributed by atoms with E-state index in [0.29, 0.717) is 6.54 Å². The van der Waals surface area contributed by atoms with Crippen LogP contribution in [0.15, 0.2) is 0 Å². The second kappa shape index (κ2) is 4.50. The standard InChI is InChI=1S/C8H13F2NO/c9-8(10)7(12)3-6-11-4-1-2-5-11/h8H,1-6H2. The number of alkyl halides is 2. The lowest BCUT2D eigenvalue weighted by Crippen LogP contribution is -2.24. The SMILES string of the molecule is O=C(CCN1CCCC1)C(F)F. The van der Waals surface area contributed by atoms with Gasteiger partial charge in [-0.25, -0.2) is 8.78 Å². The van der Waals surface area contributed by atoms with Crippen molar-refractivity contribution in [2.45, 2.75) is 25.7 Å². The van der Waals surface area contributed by atoms with E-state index in [2.05, 4.69) is 4.90 Å². The first-order valence-corrected chi connectivity index (χ1v) is 4.23. The highest BCUT2D eigenvalue weighted by Gasteiger charge is 2.17. The van der Waals surface area contributed by atoms with Crippen LogP contribution < -0.4 is 0 Å². The summed E-state index contributed by atoms with van der Waals surface area (Å²) < 4.78 is 23.5. The van der Waals surface area contributed by atoms with E-state index in [1.807, 2.05) is 0 Å². The fourth-order valence-electron chi connectivity index (χ4n) is 1.38. The normalized spacial score (nSPS) is 18.9. The average molecular weight is 177 g/mol. The summed E-state index contributed by atoms with van der Waals surface area (Å²) in [5.74, 6) is -0.929. The van der Waals surface area contributed by atoms with E-state index in [-0.39, 0.29) is 6.42 Å². The molecule has 0 aromatic rings. The molecule has 0 amide bonds. The summed E-state index contributed by atoms with van der Waals surface area (Å²) in [6.45, 7) is 2.41. The molecule has 70 valence electrons. The molecule has 1 saturated heterocycles. The van der Waals surface area contributed by atoms with Gasteiger partial charge in [0.05, 0.1) is 0 Å². The van der Waals surface area contributed by atoms with Crippen molar-refractivity contribution in [3.05, 3.63) is 0 Å². The van der Waals surface area contributed by atoms with Crippen molar-refractivity contribution in [3.63, 3.8) is 0 Å². The van der Waals surface area contributed by atoms with E-state index >= 15 is 0 Å². The van der Waals surface area contributed by atoms with Crippen molar-refractivity contribution in [1.29, 1.82) is 0 Å². The van der Waals surface area contributed by atoms with Gasteiger partial charge in [-0.1, -0.05) is 0 Å². The van der Waals surface area contributed by atoms with Crippen molar-refractivity contribution in [2.75, 3.05) is 19.6 Å². The quantitative estimate of drug-likeness (QED) is 0.645. The van der Waals surface area contributed by atoms with E-state index in [4.69, 9.17) is 0 Å².